The molecule has 3 heteroatoms. The van der Waals surface area contributed by atoms with Gasteiger partial charge < -0.3 is 0 Å². The van der Waals surface area contributed by atoms with E-state index in [2.05, 4.69) is 28.3 Å². The lowest BCUT2D eigenvalue weighted by Crippen LogP contribution is -1.68. The van der Waals surface area contributed by atoms with Crippen LogP contribution in [0, 0.1) is 0 Å². The molecule has 0 amide bonds. The van der Waals surface area contributed by atoms with E-state index in [1.807, 2.05) is 18.2 Å². The number of hydrogen-bond acceptors (Lipinski definition) is 1. The van der Waals surface area contributed by atoms with Gasteiger partial charge in [0.2, 0.25) is 0 Å². The van der Waals surface area contributed by atoms with Gasteiger partial charge in [0.15, 0.2) is 0 Å². The van der Waals surface area contributed by atoms with E-state index in [0.717, 1.165) is 0 Å². The molecule has 0 saturated carbocycles. The maximum Gasteiger partial charge on any atom is 0.316 e. The van der Waals surface area contributed by atoms with Gasteiger partial charge in [0.05, 0.1) is 0 Å². The summed E-state index contributed by atoms with van der Waals surface area (Å²) in [6.45, 7) is 0. The summed E-state index contributed by atoms with van der Waals surface area (Å²) in [5.74, 6) is 0. The van der Waals surface area contributed by atoms with Crippen LogP contribution in [0.3, 0.4) is 0 Å². The summed E-state index contributed by atoms with van der Waals surface area (Å²) in [6.07, 6.45) is 2.07. The second-order valence-electron chi connectivity index (χ2n) is 1.63. The van der Waals surface area contributed by atoms with Crippen molar-refractivity contribution in [3.63, 3.8) is 0 Å². The van der Waals surface area contributed by atoms with Crippen LogP contribution in [0.5, 0.6) is 0 Å². The minimum Gasteiger partial charge on any atom is -0.128 e. The molecule has 1 rings (SSSR count). The molecule has 0 atom stereocenters. The molecule has 0 aliphatic carbocycles. The van der Waals surface area contributed by atoms with Crippen LogP contribution in [0.15, 0.2) is 33.6 Å². The van der Waals surface area contributed by atoms with Crippen molar-refractivity contribution in [1.29, 1.82) is 0 Å². The van der Waals surface area contributed by atoms with E-state index in [1.165, 1.54) is 9.37 Å². The molecule has 10 heavy (non-hydrogen) atoms. The molecule has 0 aromatic heterocycles. The van der Waals surface area contributed by atoms with E-state index in [-0.39, 0.29) is 23.1 Å². The van der Waals surface area contributed by atoms with E-state index >= 15 is 0 Å². The first-order valence-electron chi connectivity index (χ1n) is 2.63. The van der Waals surface area contributed by atoms with E-state index in [0.29, 0.717) is 0 Å². The lowest BCUT2D eigenvalue weighted by atomic mass is 10.4. The Morgan fingerprint density at radius 3 is 2.30 bits per heavy atom. The first-order chi connectivity index (χ1) is 4.34. The Kier molecular flexibility index (Phi) is 5.91. The molecular weight excluding hydrogens is 220 g/mol. The summed E-state index contributed by atoms with van der Waals surface area (Å²) in [5, 5.41) is 0. The zero-order chi connectivity index (χ0) is 6.69. The SMILES string of the molecule is CSc1ccccc1Br.[MgH2]. The highest BCUT2D eigenvalue weighted by atomic mass is 79.9. The van der Waals surface area contributed by atoms with Crippen molar-refractivity contribution in [2.75, 3.05) is 6.26 Å². The molecule has 0 bridgehead atoms. The minimum atomic E-state index is 0. The zero-order valence-electron chi connectivity index (χ0n) is 5.10. The second kappa shape index (κ2) is 5.46. The van der Waals surface area contributed by atoms with E-state index in [1.54, 1.807) is 11.8 Å². The van der Waals surface area contributed by atoms with Crippen LogP contribution in [0.25, 0.3) is 0 Å². The maximum absolute atomic E-state index is 3.44. The molecule has 1 aromatic rings. The lowest BCUT2D eigenvalue weighted by molar-refractivity contribution is 1.41. The van der Waals surface area contributed by atoms with Gasteiger partial charge in [-0.05, 0) is 34.3 Å². The first-order valence-corrected chi connectivity index (χ1v) is 4.65. The van der Waals surface area contributed by atoms with E-state index in [9.17, 15) is 0 Å². The average Bonchev–Trinajstić information content (AvgIpc) is 1.89. The molecule has 0 aliphatic rings. The smallest absolute Gasteiger partial charge is 0.128 e. The third kappa shape index (κ3) is 2.82. The molecule has 0 unspecified atom stereocenters. The Morgan fingerprint density at radius 2 is 1.90 bits per heavy atom. The van der Waals surface area contributed by atoms with Crippen molar-refractivity contribution in [2.24, 2.45) is 0 Å². The standard InChI is InChI=1S/C7H7BrS.Mg.2H/c1-9-7-5-3-2-4-6(7)8;;;/h2-5H,1H3;;;. The van der Waals surface area contributed by atoms with Gasteiger partial charge in [0, 0.05) is 9.37 Å². The van der Waals surface area contributed by atoms with Crippen molar-refractivity contribution in [3.05, 3.63) is 28.7 Å². The number of thioether (sulfide) groups is 1. The number of benzene rings is 1. The molecule has 0 aliphatic heterocycles. The van der Waals surface area contributed by atoms with Gasteiger partial charge >= 0.3 is 23.1 Å². The van der Waals surface area contributed by atoms with E-state index in [4.69, 9.17) is 0 Å². The third-order valence-electron chi connectivity index (χ3n) is 1.06. The monoisotopic (exact) mass is 228 g/mol. The van der Waals surface area contributed by atoms with Gasteiger partial charge in [-0.3, -0.25) is 0 Å². The molecule has 0 heterocycles. The number of hydrogen-bond donors (Lipinski definition) is 0. The van der Waals surface area contributed by atoms with Crippen LogP contribution in [0.1, 0.15) is 0 Å². The summed E-state index contributed by atoms with van der Waals surface area (Å²) in [4.78, 5) is 1.29. The van der Waals surface area contributed by atoms with Crippen LogP contribution >= 0.6 is 27.7 Å². The van der Waals surface area contributed by atoms with Crippen LogP contribution in [0.2, 0.25) is 0 Å². The molecule has 0 spiro atoms. The van der Waals surface area contributed by atoms with Gasteiger partial charge in [0.25, 0.3) is 0 Å². The fourth-order valence-electron chi connectivity index (χ4n) is 0.610. The Hall–Kier alpha value is 0.816. The Labute approximate surface area is 90.1 Å². The number of rotatable bonds is 1. The van der Waals surface area contributed by atoms with Crippen LogP contribution in [0.4, 0.5) is 0 Å². The van der Waals surface area contributed by atoms with Gasteiger partial charge in [-0.15, -0.1) is 11.8 Å². The predicted octanol–water partition coefficient (Wildman–Crippen LogP) is 2.25. The Balaban J connectivity index is 0.000000810. The van der Waals surface area contributed by atoms with Gasteiger partial charge in [-0.1, -0.05) is 12.1 Å². The van der Waals surface area contributed by atoms with Crippen LogP contribution in [-0.4, -0.2) is 29.3 Å². The molecule has 0 fully saturated rings. The summed E-state index contributed by atoms with van der Waals surface area (Å²) in [5.41, 5.74) is 0. The summed E-state index contributed by atoms with van der Waals surface area (Å²) >= 11 is 5.18. The van der Waals surface area contributed by atoms with Crippen molar-refractivity contribution in [3.8, 4) is 0 Å². The molecule has 0 radical (unpaired) electrons. The maximum atomic E-state index is 3.44. The van der Waals surface area contributed by atoms with Crippen molar-refractivity contribution in [1.82, 2.24) is 0 Å². The van der Waals surface area contributed by atoms with Gasteiger partial charge in [-0.25, -0.2) is 0 Å². The molecule has 52 valence electrons. The quantitative estimate of drug-likeness (QED) is 0.526. The predicted molar refractivity (Wildman–Crippen MR) is 54.5 cm³/mol. The highest BCUT2D eigenvalue weighted by molar-refractivity contribution is 9.10. The largest absolute Gasteiger partial charge is 0.316 e. The normalized spacial score (nSPS) is 8.60. The average molecular weight is 229 g/mol. The fraction of sp³-hybridized carbons (Fsp3) is 0.143. The lowest BCUT2D eigenvalue weighted by Gasteiger charge is -1.96. The number of halogens is 1. The third-order valence-corrected chi connectivity index (χ3v) is 2.81. The minimum absolute atomic E-state index is 0. The van der Waals surface area contributed by atoms with Crippen molar-refractivity contribution < 1.29 is 0 Å². The highest BCUT2D eigenvalue weighted by Gasteiger charge is 1.92. The zero-order valence-corrected chi connectivity index (χ0v) is 7.50. The van der Waals surface area contributed by atoms with Crippen molar-refractivity contribution >= 4 is 50.7 Å². The van der Waals surface area contributed by atoms with Gasteiger partial charge in [0.1, 0.15) is 0 Å². The summed E-state index contributed by atoms with van der Waals surface area (Å²) < 4.78 is 1.18. The molecular formula is C7H9BrMgS. The van der Waals surface area contributed by atoms with E-state index < -0.39 is 0 Å². The summed E-state index contributed by atoms with van der Waals surface area (Å²) in [7, 11) is 0. The second-order valence-corrected chi connectivity index (χ2v) is 3.34. The van der Waals surface area contributed by atoms with Gasteiger partial charge in [-0.2, -0.15) is 0 Å². The fourth-order valence-corrected chi connectivity index (χ4v) is 1.86. The Morgan fingerprint density at radius 1 is 1.30 bits per heavy atom. The molecule has 1 aromatic carbocycles. The highest BCUT2D eigenvalue weighted by Crippen LogP contribution is 2.24. The Bertz CT molecular complexity index is 203. The summed E-state index contributed by atoms with van der Waals surface area (Å²) in [6, 6.07) is 8.20. The van der Waals surface area contributed by atoms with Crippen LogP contribution < -0.4 is 0 Å². The molecule has 0 nitrogen and oxygen atoms in total. The molecule has 0 saturated heterocycles. The first kappa shape index (κ1) is 10.8. The van der Waals surface area contributed by atoms with Crippen molar-refractivity contribution in [2.45, 2.75) is 4.90 Å². The topological polar surface area (TPSA) is 0 Å². The van der Waals surface area contributed by atoms with Crippen LogP contribution in [-0.2, 0) is 0 Å². The molecule has 0 N–H and O–H groups in total.